The van der Waals surface area contributed by atoms with Crippen LogP contribution in [0.4, 0.5) is 0 Å². The second-order valence-corrected chi connectivity index (χ2v) is 14.3. The summed E-state index contributed by atoms with van der Waals surface area (Å²) < 4.78 is 20.1. The zero-order valence-electron chi connectivity index (χ0n) is 39.3. The van der Waals surface area contributed by atoms with Gasteiger partial charge in [0.15, 0.2) is 11.5 Å². The van der Waals surface area contributed by atoms with Gasteiger partial charge in [-0.1, -0.05) is 110 Å². The van der Waals surface area contributed by atoms with Crippen molar-refractivity contribution in [3.05, 3.63) is 89.3 Å². The number of carbonyl (C=O) groups excluding carboxylic acids is 5. The molecule has 13 heteroatoms. The lowest BCUT2D eigenvalue weighted by Crippen LogP contribution is -2.44. The first-order valence-corrected chi connectivity index (χ1v) is 21.8. The number of rotatable bonds is 25. The maximum atomic E-state index is 13.1. The number of ketones is 1. The van der Waals surface area contributed by atoms with Gasteiger partial charge >= 0.3 is 5.97 Å². The van der Waals surface area contributed by atoms with E-state index in [0.29, 0.717) is 54.6 Å². The Morgan fingerprint density at radius 2 is 1.56 bits per heavy atom. The summed E-state index contributed by atoms with van der Waals surface area (Å²) in [5.74, 6) is 1.09. The van der Waals surface area contributed by atoms with Crippen LogP contribution in [-0.2, 0) is 35.3 Å². The van der Waals surface area contributed by atoms with Gasteiger partial charge < -0.3 is 34.1 Å². The first kappa shape index (κ1) is 56.7. The number of furan rings is 1. The number of nitrogens with one attached hydrogen (secondary N) is 2. The molecule has 3 rings (SSSR count). The number of esters is 1. The number of carbonyl (C=O) groups is 5. The van der Waals surface area contributed by atoms with Crippen molar-refractivity contribution in [2.75, 3.05) is 34.6 Å². The van der Waals surface area contributed by atoms with E-state index in [1.165, 1.54) is 19.1 Å². The minimum absolute atomic E-state index is 0.0119. The number of aldehydes is 1. The van der Waals surface area contributed by atoms with Gasteiger partial charge in [-0.25, -0.2) is 5.06 Å². The van der Waals surface area contributed by atoms with Crippen LogP contribution in [0.2, 0.25) is 0 Å². The van der Waals surface area contributed by atoms with Crippen molar-refractivity contribution in [2.24, 2.45) is 11.8 Å². The van der Waals surface area contributed by atoms with Gasteiger partial charge in [-0.05, 0) is 68.9 Å². The molecule has 0 fully saturated rings. The summed E-state index contributed by atoms with van der Waals surface area (Å²) in [4.78, 5) is 63.1. The number of hydrogen-bond acceptors (Lipinski definition) is 11. The van der Waals surface area contributed by atoms with E-state index in [2.05, 4.69) is 60.8 Å². The number of benzene rings is 2. The van der Waals surface area contributed by atoms with Crippen LogP contribution in [0.3, 0.4) is 0 Å². The molecule has 13 nitrogen and oxygen atoms in total. The van der Waals surface area contributed by atoms with Crippen molar-refractivity contribution in [1.82, 2.24) is 15.7 Å². The molecule has 0 aliphatic rings. The zero-order chi connectivity index (χ0) is 46.7. The van der Waals surface area contributed by atoms with E-state index in [1.807, 2.05) is 37.3 Å². The minimum atomic E-state index is -0.365. The standard InChI is InChI=1S/C37H49N3O6.C6H12O.C4H8O2.C2H6O/c1-6-10-12-18-31(33(8-3)40(26-41)45-24-28-16-13-11-14-17-28)32(15-7-2)38-25-39-37(43)35-22-21-34(46-35)29-19-20-30(27(5)42)36(23-29)44-9-4;1-3-6(2)4-5-7;1-3-4(5)6-2;1-3-2/h11,13-17,19-23,26,31,33,38H,6-10,12,18,24-25H2,1-5H3,(H,39,43);5-6H,3-4H2,1-2H3;3H2,1-2H3;1-2H3/b32-15-;;;. The Morgan fingerprint density at radius 3 is 2.06 bits per heavy atom. The van der Waals surface area contributed by atoms with Gasteiger partial charge in [-0.15, -0.1) is 0 Å². The number of allylic oxidation sites excluding steroid dienone is 1. The molecule has 0 spiro atoms. The molecule has 2 amide bonds. The molecule has 0 saturated heterocycles. The molecular formula is C49H75N3O10. The highest BCUT2D eigenvalue weighted by atomic mass is 16.7. The summed E-state index contributed by atoms with van der Waals surface area (Å²) in [6, 6.07) is 18.2. The number of nitrogens with zero attached hydrogens (tertiary/aromatic N) is 1. The zero-order valence-corrected chi connectivity index (χ0v) is 39.3. The van der Waals surface area contributed by atoms with Gasteiger partial charge in [0.25, 0.3) is 5.91 Å². The fraction of sp³-hybridized carbons (Fsp3) is 0.531. The van der Waals surface area contributed by atoms with Crippen LogP contribution in [0.5, 0.6) is 5.75 Å². The third-order valence-corrected chi connectivity index (χ3v) is 9.51. The van der Waals surface area contributed by atoms with Gasteiger partial charge in [0.1, 0.15) is 24.4 Å². The van der Waals surface area contributed by atoms with Gasteiger partial charge in [0.2, 0.25) is 6.41 Å². The monoisotopic (exact) mass is 866 g/mol. The third kappa shape index (κ3) is 22.5. The fourth-order valence-corrected chi connectivity index (χ4v) is 5.96. The summed E-state index contributed by atoms with van der Waals surface area (Å²) in [5.41, 5.74) is 3.15. The highest BCUT2D eigenvalue weighted by Gasteiger charge is 2.29. The van der Waals surface area contributed by atoms with E-state index >= 15 is 0 Å². The number of hydrogen-bond donors (Lipinski definition) is 2. The molecule has 2 aromatic carbocycles. The molecule has 62 heavy (non-hydrogen) atoms. The number of amides is 2. The first-order chi connectivity index (χ1) is 29.9. The molecular weight excluding hydrogens is 791 g/mol. The van der Waals surface area contributed by atoms with E-state index in [1.54, 1.807) is 51.5 Å². The molecule has 3 aromatic rings. The average molecular weight is 866 g/mol. The Kier molecular flexibility index (Phi) is 32.3. The Labute approximate surface area is 371 Å². The van der Waals surface area contributed by atoms with Crippen molar-refractivity contribution in [1.29, 1.82) is 0 Å². The van der Waals surface area contributed by atoms with Gasteiger partial charge in [-0.2, -0.15) is 0 Å². The van der Waals surface area contributed by atoms with Crippen molar-refractivity contribution >= 4 is 30.4 Å². The molecule has 1 aromatic heterocycles. The van der Waals surface area contributed by atoms with Gasteiger partial charge in [0, 0.05) is 44.2 Å². The molecule has 2 N–H and O–H groups in total. The second-order valence-electron chi connectivity index (χ2n) is 14.3. The number of unbranched alkanes of at least 4 members (excludes halogenated alkanes) is 2. The molecule has 0 aliphatic carbocycles. The molecule has 1 heterocycles. The van der Waals surface area contributed by atoms with E-state index < -0.39 is 0 Å². The fourth-order valence-electron chi connectivity index (χ4n) is 5.96. The molecule has 3 atom stereocenters. The molecule has 3 unspecified atom stereocenters. The molecule has 0 saturated carbocycles. The smallest absolute Gasteiger partial charge is 0.305 e. The van der Waals surface area contributed by atoms with Crippen LogP contribution in [0.15, 0.2) is 76.9 Å². The lowest BCUT2D eigenvalue weighted by Gasteiger charge is -2.35. The van der Waals surface area contributed by atoms with Crippen molar-refractivity contribution in [3.8, 4) is 17.1 Å². The van der Waals surface area contributed by atoms with Gasteiger partial charge in [-0.3, -0.25) is 24.0 Å². The molecule has 0 aliphatic heterocycles. The predicted octanol–water partition coefficient (Wildman–Crippen LogP) is 10.1. The summed E-state index contributed by atoms with van der Waals surface area (Å²) in [6.45, 7) is 16.5. The van der Waals surface area contributed by atoms with Crippen LogP contribution in [0, 0.1) is 11.8 Å². The summed E-state index contributed by atoms with van der Waals surface area (Å²) >= 11 is 0. The van der Waals surface area contributed by atoms with Crippen molar-refractivity contribution in [3.63, 3.8) is 0 Å². The Balaban J connectivity index is 0.00000197. The first-order valence-electron chi connectivity index (χ1n) is 21.8. The lowest BCUT2D eigenvalue weighted by molar-refractivity contribution is -0.198. The van der Waals surface area contributed by atoms with Gasteiger partial charge in [0.05, 0.1) is 32.0 Å². The highest BCUT2D eigenvalue weighted by molar-refractivity contribution is 5.97. The van der Waals surface area contributed by atoms with E-state index in [-0.39, 0.29) is 42.0 Å². The Hall–Kier alpha value is -5.27. The third-order valence-electron chi connectivity index (χ3n) is 9.51. The minimum Gasteiger partial charge on any atom is -0.493 e. The number of Topliss-reactive ketones (excluding diaryl/α,β-unsaturated/α-hetero) is 1. The molecule has 0 radical (unpaired) electrons. The molecule has 346 valence electrons. The lowest BCUT2D eigenvalue weighted by atomic mass is 9.88. The number of methoxy groups -OCH3 is 2. The van der Waals surface area contributed by atoms with Crippen molar-refractivity contribution < 1.29 is 47.4 Å². The second kappa shape index (κ2) is 35.3. The van der Waals surface area contributed by atoms with Crippen LogP contribution < -0.4 is 15.4 Å². The number of hydroxylamine groups is 2. The molecule has 0 bridgehead atoms. The summed E-state index contributed by atoms with van der Waals surface area (Å²) in [5, 5.41) is 7.80. The highest BCUT2D eigenvalue weighted by Crippen LogP contribution is 2.30. The average Bonchev–Trinajstić information content (AvgIpc) is 3.78. The van der Waals surface area contributed by atoms with Crippen LogP contribution in [0.1, 0.15) is 140 Å². The number of ether oxygens (including phenoxy) is 3. The largest absolute Gasteiger partial charge is 0.493 e. The van der Waals surface area contributed by atoms with E-state index in [9.17, 15) is 24.0 Å². The van der Waals surface area contributed by atoms with E-state index in [4.69, 9.17) is 14.0 Å². The maximum Gasteiger partial charge on any atom is 0.305 e. The summed E-state index contributed by atoms with van der Waals surface area (Å²) in [6.07, 6.45) is 11.7. The maximum absolute atomic E-state index is 13.1. The van der Waals surface area contributed by atoms with Crippen LogP contribution >= 0.6 is 0 Å². The summed E-state index contributed by atoms with van der Waals surface area (Å²) in [7, 11) is 4.63. The Bertz CT molecular complexity index is 1700. The Morgan fingerprint density at radius 1 is 0.871 bits per heavy atom. The quantitative estimate of drug-likeness (QED) is 0.0208. The van der Waals surface area contributed by atoms with Crippen LogP contribution in [0.25, 0.3) is 11.3 Å². The predicted molar refractivity (Wildman–Crippen MR) is 245 cm³/mol. The SMILES string of the molecule is CC/C=C(\NCNC(=O)c1ccc(-c2ccc(C(C)=O)c(OCC)c2)o1)C(CCCCC)C(CC)N(C=O)OCc1ccccc1.CCC(=O)OC.CCC(C)CC=O.COC. The van der Waals surface area contributed by atoms with E-state index in [0.717, 1.165) is 68.9 Å². The normalized spacial score (nSPS) is 12.0. The van der Waals surface area contributed by atoms with Crippen molar-refractivity contribution in [2.45, 2.75) is 126 Å². The van der Waals surface area contributed by atoms with Crippen LogP contribution in [-0.4, -0.2) is 76.1 Å². The topological polar surface area (TPSA) is 163 Å².